The van der Waals surface area contributed by atoms with Crippen LogP contribution >= 0.6 is 0 Å². The van der Waals surface area contributed by atoms with Crippen molar-refractivity contribution in [1.82, 2.24) is 0 Å². The molecule has 0 aromatic rings. The molecule has 0 aromatic carbocycles. The van der Waals surface area contributed by atoms with Crippen molar-refractivity contribution in [2.75, 3.05) is 7.11 Å². The fourth-order valence-electron chi connectivity index (χ4n) is 0.238. The summed E-state index contributed by atoms with van der Waals surface area (Å²) in [5.41, 5.74) is 9.44. The van der Waals surface area contributed by atoms with Gasteiger partial charge in [0.15, 0.2) is 0 Å². The van der Waals surface area contributed by atoms with Crippen LogP contribution in [0.25, 0.3) is 0 Å². The van der Waals surface area contributed by atoms with Crippen LogP contribution in [-0.2, 0) is 9.53 Å². The zero-order chi connectivity index (χ0) is 8.36. The standard InChI is InChI=1S/C3H7N3O4/c1-10-2(7)3(4,5)6(8)9/h4-5H2,1H3. The van der Waals surface area contributed by atoms with Crippen LogP contribution in [0.15, 0.2) is 0 Å². The third-order valence-corrected chi connectivity index (χ3v) is 0.814. The minimum absolute atomic E-state index is 0.959. The quantitative estimate of drug-likeness (QED) is 0.203. The number of nitro groups is 1. The van der Waals surface area contributed by atoms with Gasteiger partial charge in [0, 0.05) is 0 Å². The van der Waals surface area contributed by atoms with Crippen molar-refractivity contribution in [2.24, 2.45) is 11.5 Å². The molecule has 0 atom stereocenters. The highest BCUT2D eigenvalue weighted by Crippen LogP contribution is 1.93. The first kappa shape index (κ1) is 8.79. The molecule has 7 nitrogen and oxygen atoms in total. The average molecular weight is 149 g/mol. The van der Waals surface area contributed by atoms with Crippen LogP contribution in [0.4, 0.5) is 0 Å². The Hall–Kier alpha value is -1.21. The SMILES string of the molecule is COC(=O)C(N)(N)[N+](=O)[O-]. The molecule has 7 heteroatoms. The number of carbonyl (C=O) groups is 1. The van der Waals surface area contributed by atoms with Gasteiger partial charge in [0.1, 0.15) is 0 Å². The molecule has 0 fully saturated rings. The normalized spacial score (nSPS) is 10.7. The predicted molar refractivity (Wildman–Crippen MR) is 30.1 cm³/mol. The molecule has 0 amide bonds. The second-order valence-electron chi connectivity index (χ2n) is 1.57. The Morgan fingerprint density at radius 1 is 1.70 bits per heavy atom. The van der Waals surface area contributed by atoms with Crippen molar-refractivity contribution in [1.29, 1.82) is 0 Å². The van der Waals surface area contributed by atoms with E-state index >= 15 is 0 Å². The van der Waals surface area contributed by atoms with Gasteiger partial charge in [0.2, 0.25) is 0 Å². The number of esters is 1. The van der Waals surface area contributed by atoms with Gasteiger partial charge in [-0.1, -0.05) is 0 Å². The molecule has 0 saturated heterocycles. The molecule has 10 heavy (non-hydrogen) atoms. The highest BCUT2D eigenvalue weighted by atomic mass is 16.6. The Bertz CT molecular complexity index is 165. The molecule has 0 bridgehead atoms. The number of nitrogens with zero attached hydrogens (tertiary/aromatic N) is 1. The van der Waals surface area contributed by atoms with E-state index in [0.717, 1.165) is 7.11 Å². The van der Waals surface area contributed by atoms with Crippen molar-refractivity contribution in [2.45, 2.75) is 5.79 Å². The molecule has 0 heterocycles. The van der Waals surface area contributed by atoms with Gasteiger partial charge >= 0.3 is 11.8 Å². The van der Waals surface area contributed by atoms with Crippen LogP contribution in [0.5, 0.6) is 0 Å². The van der Waals surface area contributed by atoms with E-state index in [4.69, 9.17) is 11.5 Å². The smallest absolute Gasteiger partial charge is 0.425 e. The van der Waals surface area contributed by atoms with Crippen LogP contribution in [0.3, 0.4) is 0 Å². The molecule has 4 N–H and O–H groups in total. The summed E-state index contributed by atoms with van der Waals surface area (Å²) >= 11 is 0. The zero-order valence-electron chi connectivity index (χ0n) is 5.23. The summed E-state index contributed by atoms with van der Waals surface area (Å²) < 4.78 is 3.95. The van der Waals surface area contributed by atoms with Gasteiger partial charge < -0.3 is 4.74 Å². The van der Waals surface area contributed by atoms with Crippen molar-refractivity contribution in [3.8, 4) is 0 Å². The Morgan fingerprint density at radius 2 is 2.10 bits per heavy atom. The Kier molecular flexibility index (Phi) is 2.27. The first-order valence-electron chi connectivity index (χ1n) is 2.23. The number of carbonyl (C=O) groups excluding carboxylic acids is 1. The lowest BCUT2D eigenvalue weighted by molar-refractivity contribution is -0.553. The van der Waals surface area contributed by atoms with Crippen molar-refractivity contribution < 1.29 is 14.5 Å². The van der Waals surface area contributed by atoms with E-state index in [-0.39, 0.29) is 0 Å². The molecular weight excluding hydrogens is 142 g/mol. The van der Waals surface area contributed by atoms with Gasteiger partial charge in [-0.15, -0.1) is 0 Å². The molecule has 0 saturated carbocycles. The molecule has 58 valence electrons. The van der Waals surface area contributed by atoms with Gasteiger partial charge in [0.25, 0.3) is 0 Å². The molecular formula is C3H7N3O4. The summed E-state index contributed by atoms with van der Waals surface area (Å²) in [7, 11) is 0.959. The third kappa shape index (κ3) is 1.39. The Morgan fingerprint density at radius 3 is 2.20 bits per heavy atom. The second kappa shape index (κ2) is 2.58. The fraction of sp³-hybridized carbons (Fsp3) is 0.667. The largest absolute Gasteiger partial charge is 0.461 e. The number of nitrogens with two attached hydrogens (primary N) is 2. The summed E-state index contributed by atoms with van der Waals surface area (Å²) in [5.74, 6) is -3.91. The van der Waals surface area contributed by atoms with E-state index in [1.165, 1.54) is 0 Å². The van der Waals surface area contributed by atoms with Crippen LogP contribution in [0.1, 0.15) is 0 Å². The maximum atomic E-state index is 10.4. The summed E-state index contributed by atoms with van der Waals surface area (Å²) in [4.78, 5) is 19.1. The minimum atomic E-state index is -2.63. The molecule has 0 aromatic heterocycles. The molecule has 0 unspecified atom stereocenters. The first-order chi connectivity index (χ1) is 4.42. The topological polar surface area (TPSA) is 121 Å². The molecule has 0 radical (unpaired) electrons. The van der Waals surface area contributed by atoms with Crippen LogP contribution in [0.2, 0.25) is 0 Å². The van der Waals surface area contributed by atoms with E-state index < -0.39 is 16.7 Å². The monoisotopic (exact) mass is 149 g/mol. The number of hydrogen-bond donors (Lipinski definition) is 2. The summed E-state index contributed by atoms with van der Waals surface area (Å²) in [6, 6.07) is 0. The average Bonchev–Trinajstić information content (AvgIpc) is 1.86. The zero-order valence-corrected chi connectivity index (χ0v) is 5.23. The summed E-state index contributed by atoms with van der Waals surface area (Å²) in [6.45, 7) is 0. The van der Waals surface area contributed by atoms with E-state index in [2.05, 4.69) is 4.74 Å². The number of hydrogen-bond acceptors (Lipinski definition) is 6. The van der Waals surface area contributed by atoms with Gasteiger partial charge in [-0.25, -0.2) is 16.3 Å². The lowest BCUT2D eigenvalue weighted by atomic mass is 10.4. The maximum Gasteiger partial charge on any atom is 0.425 e. The van der Waals surface area contributed by atoms with Crippen molar-refractivity contribution in [3.05, 3.63) is 10.1 Å². The van der Waals surface area contributed by atoms with Gasteiger partial charge in [-0.2, -0.15) is 0 Å². The van der Waals surface area contributed by atoms with E-state index in [1.807, 2.05) is 0 Å². The van der Waals surface area contributed by atoms with E-state index in [0.29, 0.717) is 0 Å². The lowest BCUT2D eigenvalue weighted by Crippen LogP contribution is -2.62. The van der Waals surface area contributed by atoms with Gasteiger partial charge in [-0.05, 0) is 0 Å². The molecule has 0 aliphatic carbocycles. The number of methoxy groups -OCH3 is 1. The van der Waals surface area contributed by atoms with Gasteiger partial charge in [0.05, 0.1) is 12.0 Å². The van der Waals surface area contributed by atoms with E-state index in [1.54, 1.807) is 0 Å². The maximum absolute atomic E-state index is 10.4. The fourth-order valence-corrected chi connectivity index (χ4v) is 0.238. The Balaban J connectivity index is 4.40. The van der Waals surface area contributed by atoms with Gasteiger partial charge in [-0.3, -0.25) is 10.1 Å². The highest BCUT2D eigenvalue weighted by Gasteiger charge is 2.44. The second-order valence-corrected chi connectivity index (χ2v) is 1.57. The van der Waals surface area contributed by atoms with Crippen LogP contribution < -0.4 is 11.5 Å². The lowest BCUT2D eigenvalue weighted by Gasteiger charge is -2.10. The predicted octanol–water partition coefficient (Wildman–Crippen LogP) is -1.99. The molecule has 0 aliphatic heterocycles. The van der Waals surface area contributed by atoms with E-state index in [9.17, 15) is 14.9 Å². The number of rotatable bonds is 2. The summed E-state index contributed by atoms with van der Waals surface area (Å²) in [5, 5.41) is 9.88. The highest BCUT2D eigenvalue weighted by molar-refractivity contribution is 5.77. The third-order valence-electron chi connectivity index (χ3n) is 0.814. The first-order valence-corrected chi connectivity index (χ1v) is 2.23. The molecule has 0 aliphatic rings. The van der Waals surface area contributed by atoms with Crippen molar-refractivity contribution >= 4 is 5.97 Å². The van der Waals surface area contributed by atoms with Crippen LogP contribution in [0, 0.1) is 10.1 Å². The molecule has 0 spiro atoms. The minimum Gasteiger partial charge on any atom is -0.461 e. The van der Waals surface area contributed by atoms with Crippen molar-refractivity contribution in [3.63, 3.8) is 0 Å². The molecule has 0 rings (SSSR count). The summed E-state index contributed by atoms with van der Waals surface area (Å²) in [6.07, 6.45) is 0. The van der Waals surface area contributed by atoms with Crippen LogP contribution in [-0.4, -0.2) is 23.8 Å². The number of ether oxygens (including phenoxy) is 1. The Labute approximate surface area is 56.1 Å².